The first kappa shape index (κ1) is 10.3. The van der Waals surface area contributed by atoms with Crippen LogP contribution in [0, 0.1) is 0 Å². The number of carbonyl (C=O) groups is 1. The quantitative estimate of drug-likeness (QED) is 0.264. The molecule has 1 unspecified atom stereocenters. The van der Waals surface area contributed by atoms with Crippen molar-refractivity contribution >= 4 is 5.91 Å². The minimum absolute atomic E-state index is 0.0971. The van der Waals surface area contributed by atoms with E-state index in [4.69, 9.17) is 16.7 Å². The molecule has 11 heavy (non-hydrogen) atoms. The maximum Gasteiger partial charge on any atom is 0.255 e. The molecule has 0 aromatic heterocycles. The van der Waals surface area contributed by atoms with Crippen LogP contribution < -0.4 is 11.6 Å². The Morgan fingerprint density at radius 2 is 2.09 bits per heavy atom. The Morgan fingerprint density at radius 1 is 1.64 bits per heavy atom. The third-order valence-corrected chi connectivity index (χ3v) is 1.32. The molecule has 0 bridgehead atoms. The van der Waals surface area contributed by atoms with Crippen molar-refractivity contribution in [2.24, 2.45) is 11.6 Å². The molecule has 66 valence electrons. The van der Waals surface area contributed by atoms with Gasteiger partial charge in [-0.25, -0.2) is 5.84 Å². The highest BCUT2D eigenvalue weighted by Gasteiger charge is 2.19. The molecule has 0 aromatic rings. The number of rotatable bonds is 3. The predicted molar refractivity (Wildman–Crippen MR) is 41.2 cm³/mol. The van der Waals surface area contributed by atoms with Crippen LogP contribution in [0.1, 0.15) is 13.8 Å². The number of aliphatic hydroxyl groups excluding tert-OH is 1. The molecule has 0 saturated heterocycles. The minimum atomic E-state index is -0.901. The van der Waals surface area contributed by atoms with Crippen LogP contribution in [0.25, 0.3) is 0 Å². The van der Waals surface area contributed by atoms with Crippen molar-refractivity contribution in [3.8, 4) is 0 Å². The second-order valence-corrected chi connectivity index (χ2v) is 2.63. The summed E-state index contributed by atoms with van der Waals surface area (Å²) in [5.74, 6) is 4.89. The molecule has 0 aliphatic rings. The van der Waals surface area contributed by atoms with Crippen LogP contribution in [0.15, 0.2) is 0 Å². The van der Waals surface area contributed by atoms with Gasteiger partial charge in [0.05, 0.1) is 6.61 Å². The van der Waals surface area contributed by atoms with Crippen molar-refractivity contribution in [1.29, 1.82) is 0 Å². The molecule has 1 atom stereocenters. The van der Waals surface area contributed by atoms with Gasteiger partial charge in [0.15, 0.2) is 0 Å². The molecule has 0 saturated carbocycles. The molecule has 5 N–H and O–H groups in total. The number of carbonyl (C=O) groups excluding carboxylic acids is 1. The van der Waals surface area contributed by atoms with Crippen molar-refractivity contribution in [3.63, 3.8) is 0 Å². The molecule has 0 fully saturated rings. The monoisotopic (exact) mass is 161 g/mol. The number of nitrogens with zero attached hydrogens (tertiary/aromatic N) is 1. The van der Waals surface area contributed by atoms with Gasteiger partial charge in [-0.3, -0.25) is 9.80 Å². The Labute approximate surface area is 65.9 Å². The first-order chi connectivity index (χ1) is 5.00. The maximum absolute atomic E-state index is 11.0. The van der Waals surface area contributed by atoms with Crippen LogP contribution in [-0.2, 0) is 4.79 Å². The molecular weight excluding hydrogens is 146 g/mol. The third kappa shape index (κ3) is 2.83. The normalized spacial score (nSPS) is 13.3. The molecular formula is C6H15N3O2. The number of hydrogen-bond acceptors (Lipinski definition) is 4. The zero-order valence-electron chi connectivity index (χ0n) is 6.82. The van der Waals surface area contributed by atoms with E-state index in [0.717, 1.165) is 5.01 Å². The van der Waals surface area contributed by atoms with E-state index < -0.39 is 11.9 Å². The topological polar surface area (TPSA) is 92.6 Å². The summed E-state index contributed by atoms with van der Waals surface area (Å²) < 4.78 is 0. The molecule has 5 nitrogen and oxygen atoms in total. The van der Waals surface area contributed by atoms with Gasteiger partial charge in [-0.1, -0.05) is 0 Å². The third-order valence-electron chi connectivity index (χ3n) is 1.32. The summed E-state index contributed by atoms with van der Waals surface area (Å²) in [6.45, 7) is 3.16. The first-order valence-electron chi connectivity index (χ1n) is 3.45. The SMILES string of the molecule is CC(C)N(N)C(=O)C(N)CO. The van der Waals surface area contributed by atoms with Gasteiger partial charge in [-0.15, -0.1) is 0 Å². The van der Waals surface area contributed by atoms with Crippen LogP contribution in [0.2, 0.25) is 0 Å². The zero-order valence-corrected chi connectivity index (χ0v) is 6.82. The van der Waals surface area contributed by atoms with E-state index in [9.17, 15) is 4.79 Å². The summed E-state index contributed by atoms with van der Waals surface area (Å²) in [7, 11) is 0. The molecule has 0 aromatic carbocycles. The number of aliphatic hydroxyl groups is 1. The van der Waals surface area contributed by atoms with Gasteiger partial charge in [0, 0.05) is 6.04 Å². The van der Waals surface area contributed by atoms with Crippen LogP contribution in [0.4, 0.5) is 0 Å². The largest absolute Gasteiger partial charge is 0.394 e. The van der Waals surface area contributed by atoms with Gasteiger partial charge in [0.25, 0.3) is 5.91 Å². The summed E-state index contributed by atoms with van der Waals surface area (Å²) in [5, 5.41) is 9.52. The van der Waals surface area contributed by atoms with Crippen molar-refractivity contribution in [2.75, 3.05) is 6.61 Å². The fourth-order valence-electron chi connectivity index (χ4n) is 0.524. The lowest BCUT2D eigenvalue weighted by Gasteiger charge is -2.22. The fourth-order valence-corrected chi connectivity index (χ4v) is 0.524. The van der Waals surface area contributed by atoms with Gasteiger partial charge in [-0.05, 0) is 13.8 Å². The van der Waals surface area contributed by atoms with E-state index in [1.54, 1.807) is 13.8 Å². The van der Waals surface area contributed by atoms with Crippen LogP contribution in [0.3, 0.4) is 0 Å². The Kier molecular flexibility index (Phi) is 4.02. The van der Waals surface area contributed by atoms with Crippen molar-refractivity contribution in [1.82, 2.24) is 5.01 Å². The summed E-state index contributed by atoms with van der Waals surface area (Å²) >= 11 is 0. The number of hydrazine groups is 1. The van der Waals surface area contributed by atoms with Gasteiger partial charge in [0.1, 0.15) is 6.04 Å². The molecule has 1 amide bonds. The van der Waals surface area contributed by atoms with E-state index in [1.807, 2.05) is 0 Å². The lowest BCUT2D eigenvalue weighted by Crippen LogP contribution is -2.52. The van der Waals surface area contributed by atoms with Gasteiger partial charge >= 0.3 is 0 Å². The average molecular weight is 161 g/mol. The Bertz CT molecular complexity index is 138. The van der Waals surface area contributed by atoms with Crippen molar-refractivity contribution in [3.05, 3.63) is 0 Å². The Morgan fingerprint density at radius 3 is 2.36 bits per heavy atom. The Balaban J connectivity index is 4.02. The van der Waals surface area contributed by atoms with E-state index >= 15 is 0 Å². The fraction of sp³-hybridized carbons (Fsp3) is 0.833. The molecule has 0 spiro atoms. The van der Waals surface area contributed by atoms with Gasteiger partial charge in [0.2, 0.25) is 0 Å². The van der Waals surface area contributed by atoms with E-state index in [-0.39, 0.29) is 12.6 Å². The lowest BCUT2D eigenvalue weighted by molar-refractivity contribution is -0.135. The molecule has 0 rings (SSSR count). The van der Waals surface area contributed by atoms with Crippen LogP contribution >= 0.6 is 0 Å². The summed E-state index contributed by atoms with van der Waals surface area (Å²) in [6.07, 6.45) is 0. The second kappa shape index (κ2) is 4.27. The molecule has 0 aliphatic carbocycles. The Hall–Kier alpha value is -0.650. The van der Waals surface area contributed by atoms with Crippen molar-refractivity contribution in [2.45, 2.75) is 25.9 Å². The molecule has 0 heterocycles. The van der Waals surface area contributed by atoms with Crippen LogP contribution in [-0.4, -0.2) is 34.7 Å². The van der Waals surface area contributed by atoms with E-state index in [1.165, 1.54) is 0 Å². The standard InChI is InChI=1S/C6H15N3O2/c1-4(2)9(8)6(11)5(7)3-10/h4-5,10H,3,7-8H2,1-2H3. The number of amides is 1. The first-order valence-corrected chi connectivity index (χ1v) is 3.45. The molecule has 0 aliphatic heterocycles. The molecule has 0 radical (unpaired) electrons. The van der Waals surface area contributed by atoms with E-state index in [0.29, 0.717) is 0 Å². The smallest absolute Gasteiger partial charge is 0.255 e. The summed E-state index contributed by atoms with van der Waals surface area (Å²) in [6, 6.07) is -0.998. The highest BCUT2D eigenvalue weighted by atomic mass is 16.3. The summed E-state index contributed by atoms with van der Waals surface area (Å²) in [5.41, 5.74) is 5.23. The lowest BCUT2D eigenvalue weighted by atomic mass is 10.2. The highest BCUT2D eigenvalue weighted by molar-refractivity contribution is 5.81. The average Bonchev–Trinajstić information content (AvgIpc) is 2.00. The minimum Gasteiger partial charge on any atom is -0.394 e. The maximum atomic E-state index is 11.0. The zero-order chi connectivity index (χ0) is 9.02. The van der Waals surface area contributed by atoms with Crippen molar-refractivity contribution < 1.29 is 9.90 Å². The second-order valence-electron chi connectivity index (χ2n) is 2.63. The van der Waals surface area contributed by atoms with Gasteiger partial charge < -0.3 is 10.8 Å². The van der Waals surface area contributed by atoms with Crippen LogP contribution in [0.5, 0.6) is 0 Å². The molecule has 5 heteroatoms. The number of nitrogens with two attached hydrogens (primary N) is 2. The van der Waals surface area contributed by atoms with E-state index in [2.05, 4.69) is 0 Å². The van der Waals surface area contributed by atoms with Gasteiger partial charge in [-0.2, -0.15) is 0 Å². The highest BCUT2D eigenvalue weighted by Crippen LogP contribution is 1.93. The predicted octanol–water partition coefficient (Wildman–Crippen LogP) is -1.58. The summed E-state index contributed by atoms with van der Waals surface area (Å²) in [4.78, 5) is 11.0. The number of hydrogen-bond donors (Lipinski definition) is 3.